The number of methoxy groups -OCH3 is 1. The normalized spacial score (nSPS) is 19.1. The van der Waals surface area contributed by atoms with Crippen LogP contribution in [0.2, 0.25) is 0 Å². The van der Waals surface area contributed by atoms with Gasteiger partial charge in [-0.05, 0) is 45.2 Å². The number of nitrogens with one attached hydrogen (secondary N) is 1. The third kappa shape index (κ3) is 5.03. The molecule has 1 aliphatic heterocycles. The van der Waals surface area contributed by atoms with Gasteiger partial charge in [-0.2, -0.15) is 0 Å². The van der Waals surface area contributed by atoms with Crippen LogP contribution in [0.4, 0.5) is 0 Å². The van der Waals surface area contributed by atoms with E-state index in [-0.39, 0.29) is 5.91 Å². The van der Waals surface area contributed by atoms with Gasteiger partial charge in [0.1, 0.15) is 11.5 Å². The van der Waals surface area contributed by atoms with Gasteiger partial charge in [0.05, 0.1) is 6.61 Å². The number of aromatic nitrogens is 2. The first-order valence-electron chi connectivity index (χ1n) is 7.90. The highest BCUT2D eigenvalue weighted by Crippen LogP contribution is 2.15. The van der Waals surface area contributed by atoms with Gasteiger partial charge in [0.15, 0.2) is 0 Å². The third-order valence-corrected chi connectivity index (χ3v) is 3.96. The van der Waals surface area contributed by atoms with Crippen LogP contribution in [0.3, 0.4) is 0 Å². The number of ether oxygens (including phenoxy) is 1. The highest BCUT2D eigenvalue weighted by Gasteiger charge is 2.20. The minimum atomic E-state index is -0.109. The van der Waals surface area contributed by atoms with Crippen molar-refractivity contribution in [3.05, 3.63) is 23.3 Å². The molecule has 2 heterocycles. The molecule has 0 spiro atoms. The summed E-state index contributed by atoms with van der Waals surface area (Å²) in [4.78, 5) is 23.0. The first-order valence-corrected chi connectivity index (χ1v) is 7.90. The molecule has 0 aromatic carbocycles. The minimum absolute atomic E-state index is 0.109. The fourth-order valence-electron chi connectivity index (χ4n) is 2.90. The Morgan fingerprint density at radius 2 is 2.27 bits per heavy atom. The average Bonchev–Trinajstić information content (AvgIpc) is 2.50. The number of likely N-dealkylation sites (tertiary alicyclic amines) is 1. The lowest BCUT2D eigenvalue weighted by molar-refractivity contribution is 0.0908. The van der Waals surface area contributed by atoms with Crippen molar-refractivity contribution in [1.29, 1.82) is 0 Å². The van der Waals surface area contributed by atoms with E-state index >= 15 is 0 Å². The Morgan fingerprint density at radius 3 is 3.00 bits per heavy atom. The lowest BCUT2D eigenvalue weighted by atomic mass is 9.98. The molecule has 2 rings (SSSR count). The molecule has 1 N–H and O–H groups in total. The van der Waals surface area contributed by atoms with Crippen LogP contribution in [0.5, 0.6) is 0 Å². The maximum absolute atomic E-state index is 12.2. The Labute approximate surface area is 132 Å². The molecule has 0 saturated carbocycles. The molecule has 6 heteroatoms. The minimum Gasteiger partial charge on any atom is -0.383 e. The molecule has 6 nitrogen and oxygen atoms in total. The van der Waals surface area contributed by atoms with Crippen LogP contribution in [0, 0.1) is 19.8 Å². The summed E-state index contributed by atoms with van der Waals surface area (Å²) in [5.74, 6) is 1.02. The Hall–Kier alpha value is -1.53. The van der Waals surface area contributed by atoms with Gasteiger partial charge < -0.3 is 15.0 Å². The Kier molecular flexibility index (Phi) is 6.27. The van der Waals surface area contributed by atoms with E-state index in [2.05, 4.69) is 20.2 Å². The van der Waals surface area contributed by atoms with E-state index in [1.807, 2.05) is 6.92 Å². The SMILES string of the molecule is COCCN1CCC[C@H](CNC(=O)c2cc(C)nc(C)n2)C1. The van der Waals surface area contributed by atoms with Gasteiger partial charge >= 0.3 is 0 Å². The molecule has 1 aliphatic rings. The van der Waals surface area contributed by atoms with E-state index in [4.69, 9.17) is 4.74 Å². The van der Waals surface area contributed by atoms with E-state index in [9.17, 15) is 4.79 Å². The highest BCUT2D eigenvalue weighted by atomic mass is 16.5. The van der Waals surface area contributed by atoms with Crippen LogP contribution in [-0.4, -0.2) is 60.7 Å². The standard InChI is InChI=1S/C16H26N4O2/c1-12-9-15(19-13(2)18-12)16(21)17-10-14-5-4-6-20(11-14)7-8-22-3/h9,14H,4-8,10-11H2,1-3H3,(H,17,21)/t14-/m1/s1. The number of nitrogens with zero attached hydrogens (tertiary/aromatic N) is 3. The number of amides is 1. The van der Waals surface area contributed by atoms with Gasteiger partial charge in [0, 0.05) is 32.4 Å². The first kappa shape index (κ1) is 16.8. The van der Waals surface area contributed by atoms with Crippen molar-refractivity contribution in [2.75, 3.05) is 39.9 Å². The van der Waals surface area contributed by atoms with Gasteiger partial charge in [0.2, 0.25) is 0 Å². The van der Waals surface area contributed by atoms with E-state index < -0.39 is 0 Å². The largest absolute Gasteiger partial charge is 0.383 e. The van der Waals surface area contributed by atoms with Crippen LogP contribution >= 0.6 is 0 Å². The fourth-order valence-corrected chi connectivity index (χ4v) is 2.90. The lowest BCUT2D eigenvalue weighted by Gasteiger charge is -2.32. The monoisotopic (exact) mass is 306 g/mol. The second-order valence-corrected chi connectivity index (χ2v) is 5.95. The van der Waals surface area contributed by atoms with Gasteiger partial charge in [-0.3, -0.25) is 4.79 Å². The average molecular weight is 306 g/mol. The number of hydrogen-bond acceptors (Lipinski definition) is 5. The number of rotatable bonds is 6. The third-order valence-electron chi connectivity index (χ3n) is 3.96. The lowest BCUT2D eigenvalue weighted by Crippen LogP contribution is -2.42. The molecule has 22 heavy (non-hydrogen) atoms. The summed E-state index contributed by atoms with van der Waals surface area (Å²) < 4.78 is 5.13. The maximum Gasteiger partial charge on any atom is 0.270 e. The van der Waals surface area contributed by atoms with Crippen molar-refractivity contribution in [2.24, 2.45) is 5.92 Å². The summed E-state index contributed by atoms with van der Waals surface area (Å²) in [5, 5.41) is 3.01. The molecule has 0 unspecified atom stereocenters. The second kappa shape index (κ2) is 8.19. The Balaban J connectivity index is 1.82. The molecule has 1 saturated heterocycles. The molecule has 1 atom stereocenters. The topological polar surface area (TPSA) is 67.3 Å². The van der Waals surface area contributed by atoms with E-state index in [0.717, 1.165) is 38.4 Å². The highest BCUT2D eigenvalue weighted by molar-refractivity contribution is 5.92. The van der Waals surface area contributed by atoms with E-state index in [1.54, 1.807) is 20.1 Å². The number of piperidine rings is 1. The van der Waals surface area contributed by atoms with Gasteiger partial charge in [-0.25, -0.2) is 9.97 Å². The zero-order valence-electron chi connectivity index (χ0n) is 13.8. The predicted molar refractivity (Wildman–Crippen MR) is 84.9 cm³/mol. The van der Waals surface area contributed by atoms with Crippen molar-refractivity contribution in [3.8, 4) is 0 Å². The summed E-state index contributed by atoms with van der Waals surface area (Å²) in [5.41, 5.74) is 1.28. The Bertz CT molecular complexity index is 487. The van der Waals surface area contributed by atoms with Crippen molar-refractivity contribution < 1.29 is 9.53 Å². The predicted octanol–water partition coefficient (Wildman–Crippen LogP) is 1.18. The first-order chi connectivity index (χ1) is 10.6. The molecule has 122 valence electrons. The van der Waals surface area contributed by atoms with Gasteiger partial charge in [-0.1, -0.05) is 0 Å². The van der Waals surface area contributed by atoms with Crippen molar-refractivity contribution in [2.45, 2.75) is 26.7 Å². The zero-order valence-corrected chi connectivity index (χ0v) is 13.8. The van der Waals surface area contributed by atoms with Crippen molar-refractivity contribution in [3.63, 3.8) is 0 Å². The molecule has 0 aliphatic carbocycles. The van der Waals surface area contributed by atoms with Crippen LogP contribution in [-0.2, 0) is 4.74 Å². The van der Waals surface area contributed by atoms with E-state index in [1.165, 1.54) is 6.42 Å². The molecular formula is C16H26N4O2. The van der Waals surface area contributed by atoms with Crippen LogP contribution in [0.15, 0.2) is 6.07 Å². The summed E-state index contributed by atoms with van der Waals surface area (Å²) >= 11 is 0. The summed E-state index contributed by atoms with van der Waals surface area (Å²) in [7, 11) is 1.73. The smallest absolute Gasteiger partial charge is 0.270 e. The number of carbonyl (C=O) groups is 1. The second-order valence-electron chi connectivity index (χ2n) is 5.95. The van der Waals surface area contributed by atoms with Gasteiger partial charge in [-0.15, -0.1) is 0 Å². The molecular weight excluding hydrogens is 280 g/mol. The molecule has 0 radical (unpaired) electrons. The fraction of sp³-hybridized carbons (Fsp3) is 0.688. The molecule has 1 amide bonds. The van der Waals surface area contributed by atoms with Crippen molar-refractivity contribution >= 4 is 5.91 Å². The van der Waals surface area contributed by atoms with Crippen LogP contribution in [0.25, 0.3) is 0 Å². The number of aryl methyl sites for hydroxylation is 2. The Morgan fingerprint density at radius 1 is 1.45 bits per heavy atom. The maximum atomic E-state index is 12.2. The molecule has 1 aromatic rings. The number of carbonyl (C=O) groups excluding carboxylic acids is 1. The summed E-state index contributed by atoms with van der Waals surface area (Å²) in [6.45, 7) is 8.25. The number of hydrogen-bond donors (Lipinski definition) is 1. The zero-order chi connectivity index (χ0) is 15.9. The van der Waals surface area contributed by atoms with Crippen LogP contribution in [0.1, 0.15) is 34.8 Å². The molecule has 0 bridgehead atoms. The quantitative estimate of drug-likeness (QED) is 0.855. The molecule has 1 aromatic heterocycles. The summed E-state index contributed by atoms with van der Waals surface area (Å²) in [6, 6.07) is 1.73. The van der Waals surface area contributed by atoms with Crippen LogP contribution < -0.4 is 5.32 Å². The van der Waals surface area contributed by atoms with Gasteiger partial charge in [0.25, 0.3) is 5.91 Å². The van der Waals surface area contributed by atoms with E-state index in [0.29, 0.717) is 24.0 Å². The molecule has 1 fully saturated rings. The van der Waals surface area contributed by atoms with Crippen molar-refractivity contribution in [1.82, 2.24) is 20.2 Å². The summed E-state index contributed by atoms with van der Waals surface area (Å²) in [6.07, 6.45) is 2.33.